The van der Waals surface area contributed by atoms with Crippen molar-refractivity contribution in [1.29, 1.82) is 0 Å². The fourth-order valence-electron chi connectivity index (χ4n) is 3.35. The summed E-state index contributed by atoms with van der Waals surface area (Å²) < 4.78 is 29.4. The Labute approximate surface area is 196 Å². The zero-order valence-electron chi connectivity index (χ0n) is 21.0. The van der Waals surface area contributed by atoms with Gasteiger partial charge in [0.2, 0.25) is 5.75 Å². The van der Waals surface area contributed by atoms with Crippen LogP contribution < -0.4 is 14.2 Å². The van der Waals surface area contributed by atoms with E-state index in [-0.39, 0.29) is 0 Å². The molecule has 1 aromatic rings. The Morgan fingerprint density at radius 3 is 1.94 bits per heavy atom. The SMILES string of the molecule is COc1cc(C=CC(=O)O)c(CCCC[SiH](O[Si](C)(C)C)O[Si](C)(C)C)c(OC)c1OC. The van der Waals surface area contributed by atoms with Gasteiger partial charge in [0.15, 0.2) is 28.1 Å². The molecule has 1 rings (SSSR count). The average molecular weight is 501 g/mol. The zero-order chi connectivity index (χ0) is 24.5. The van der Waals surface area contributed by atoms with Crippen LogP contribution >= 0.6 is 0 Å². The number of benzene rings is 1. The van der Waals surface area contributed by atoms with Gasteiger partial charge < -0.3 is 27.5 Å². The highest BCUT2D eigenvalue weighted by Gasteiger charge is 2.28. The highest BCUT2D eigenvalue weighted by atomic mass is 28.4. The first-order valence-corrected chi connectivity index (χ1v) is 19.5. The number of hydrogen-bond donors (Lipinski definition) is 1. The van der Waals surface area contributed by atoms with Gasteiger partial charge in [0.1, 0.15) is 0 Å². The molecule has 0 amide bonds. The number of hydrogen-bond acceptors (Lipinski definition) is 6. The molecule has 0 atom stereocenters. The van der Waals surface area contributed by atoms with E-state index in [2.05, 4.69) is 39.3 Å². The standard InChI is InChI=1S/C22H40O7Si3/c1-25-19-16-17(13-14-20(23)24)18(21(26-2)22(19)27-3)12-10-11-15-30(28-31(4,5)6)29-32(7,8)9/h13-14,16,30H,10-12,15H2,1-9H3,(H,23,24). The Morgan fingerprint density at radius 1 is 0.938 bits per heavy atom. The summed E-state index contributed by atoms with van der Waals surface area (Å²) in [5.74, 6) is 0.569. The van der Waals surface area contributed by atoms with Crippen molar-refractivity contribution in [2.24, 2.45) is 0 Å². The maximum atomic E-state index is 11.1. The number of carbonyl (C=O) groups is 1. The first kappa shape index (κ1) is 28.4. The number of rotatable bonds is 14. The summed E-state index contributed by atoms with van der Waals surface area (Å²) in [5.41, 5.74) is 1.64. The molecule has 0 unspecified atom stereocenters. The lowest BCUT2D eigenvalue weighted by Crippen LogP contribution is -2.43. The second kappa shape index (κ2) is 12.6. The number of aliphatic carboxylic acids is 1. The van der Waals surface area contributed by atoms with Gasteiger partial charge >= 0.3 is 15.3 Å². The third-order valence-corrected chi connectivity index (χ3v) is 13.1. The highest BCUT2D eigenvalue weighted by molar-refractivity contribution is 6.81. The molecule has 0 heterocycles. The van der Waals surface area contributed by atoms with E-state index in [1.165, 1.54) is 0 Å². The molecule has 0 radical (unpaired) electrons. The van der Waals surface area contributed by atoms with Gasteiger partial charge in [-0.15, -0.1) is 0 Å². The van der Waals surface area contributed by atoms with Gasteiger partial charge in [0.05, 0.1) is 21.3 Å². The minimum atomic E-state index is -1.74. The van der Waals surface area contributed by atoms with E-state index in [1.807, 2.05) is 0 Å². The Morgan fingerprint density at radius 2 is 1.50 bits per heavy atom. The lowest BCUT2D eigenvalue weighted by molar-refractivity contribution is -0.131. The van der Waals surface area contributed by atoms with Crippen molar-refractivity contribution in [2.45, 2.75) is 64.6 Å². The van der Waals surface area contributed by atoms with Crippen LogP contribution in [0.4, 0.5) is 0 Å². The van der Waals surface area contributed by atoms with E-state index >= 15 is 0 Å². The first-order chi connectivity index (χ1) is 14.8. The average Bonchev–Trinajstić information content (AvgIpc) is 2.66. The van der Waals surface area contributed by atoms with Crippen LogP contribution in [-0.2, 0) is 19.4 Å². The number of methoxy groups -OCH3 is 3. The summed E-state index contributed by atoms with van der Waals surface area (Å²) in [6, 6.07) is 2.74. The Hall–Kier alpha value is -1.60. The van der Waals surface area contributed by atoms with Crippen LogP contribution in [0.1, 0.15) is 24.0 Å². The number of carboxylic acid groups (broad SMARTS) is 1. The fourth-order valence-corrected chi connectivity index (χ4v) is 11.8. The number of carboxylic acids is 1. The monoisotopic (exact) mass is 500 g/mol. The Kier molecular flexibility index (Phi) is 11.2. The molecule has 1 aromatic carbocycles. The van der Waals surface area contributed by atoms with Crippen LogP contribution in [0.2, 0.25) is 45.3 Å². The molecule has 0 saturated carbocycles. The lowest BCUT2D eigenvalue weighted by Gasteiger charge is -2.30. The molecule has 10 heteroatoms. The van der Waals surface area contributed by atoms with E-state index in [4.69, 9.17) is 27.5 Å². The van der Waals surface area contributed by atoms with Crippen molar-refractivity contribution < 1.29 is 32.3 Å². The van der Waals surface area contributed by atoms with Crippen LogP contribution in [0.15, 0.2) is 12.1 Å². The van der Waals surface area contributed by atoms with Crippen molar-refractivity contribution in [3.63, 3.8) is 0 Å². The van der Waals surface area contributed by atoms with Crippen molar-refractivity contribution >= 4 is 38.0 Å². The van der Waals surface area contributed by atoms with Crippen LogP contribution in [0.3, 0.4) is 0 Å². The van der Waals surface area contributed by atoms with E-state index in [1.54, 1.807) is 33.5 Å². The van der Waals surface area contributed by atoms with Gasteiger partial charge in [-0.1, -0.05) is 6.42 Å². The Balaban J connectivity index is 3.07. The minimum absolute atomic E-state index is 0.498. The molecule has 32 heavy (non-hydrogen) atoms. The van der Waals surface area contributed by atoms with Crippen molar-refractivity contribution in [3.05, 3.63) is 23.3 Å². The molecule has 0 aromatic heterocycles. The summed E-state index contributed by atoms with van der Waals surface area (Å²) >= 11 is 0. The molecule has 0 bridgehead atoms. The second-order valence-electron chi connectivity index (χ2n) is 9.52. The van der Waals surface area contributed by atoms with E-state index < -0.39 is 31.9 Å². The number of unbranched alkanes of at least 4 members (excludes halogenated alkanes) is 1. The summed E-state index contributed by atoms with van der Waals surface area (Å²) in [6.45, 7) is 13.2. The van der Waals surface area contributed by atoms with Crippen molar-refractivity contribution in [3.8, 4) is 17.2 Å². The molecule has 1 N–H and O–H groups in total. The molecule has 0 aliphatic heterocycles. The summed E-state index contributed by atoms with van der Waals surface area (Å²) in [4.78, 5) is 11.1. The van der Waals surface area contributed by atoms with Crippen molar-refractivity contribution in [2.75, 3.05) is 21.3 Å². The summed E-state index contributed by atoms with van der Waals surface area (Å²) in [5, 5.41) is 9.09. The van der Waals surface area contributed by atoms with Gasteiger partial charge in [-0.3, -0.25) is 0 Å². The largest absolute Gasteiger partial charge is 0.493 e. The van der Waals surface area contributed by atoms with Gasteiger partial charge in [0, 0.05) is 11.6 Å². The van der Waals surface area contributed by atoms with Gasteiger partial charge in [-0.05, 0) is 75.9 Å². The molecular weight excluding hydrogens is 460 g/mol. The lowest BCUT2D eigenvalue weighted by atomic mass is 9.99. The number of ether oxygens (including phenoxy) is 3. The molecule has 0 spiro atoms. The predicted molar refractivity (Wildman–Crippen MR) is 137 cm³/mol. The van der Waals surface area contributed by atoms with Crippen LogP contribution in [-0.4, -0.2) is 58.3 Å². The molecular formula is C22H40O7Si3. The van der Waals surface area contributed by atoms with Crippen LogP contribution in [0.25, 0.3) is 6.08 Å². The van der Waals surface area contributed by atoms with E-state index in [0.29, 0.717) is 23.7 Å². The summed E-state index contributed by atoms with van der Waals surface area (Å²) in [7, 11) is -0.388. The molecule has 182 valence electrons. The molecule has 0 aliphatic carbocycles. The molecule has 7 nitrogen and oxygen atoms in total. The molecule has 0 fully saturated rings. The smallest absolute Gasteiger partial charge is 0.328 e. The van der Waals surface area contributed by atoms with Gasteiger partial charge in [-0.2, -0.15) is 0 Å². The van der Waals surface area contributed by atoms with Crippen LogP contribution in [0, 0.1) is 0 Å². The fraction of sp³-hybridized carbons (Fsp3) is 0.591. The van der Waals surface area contributed by atoms with Gasteiger partial charge in [0.25, 0.3) is 0 Å². The third kappa shape index (κ3) is 9.90. The normalized spacial score (nSPS) is 12.4. The molecule has 0 aliphatic rings. The van der Waals surface area contributed by atoms with Crippen LogP contribution in [0.5, 0.6) is 17.2 Å². The van der Waals surface area contributed by atoms with E-state index in [9.17, 15) is 4.79 Å². The Bertz CT molecular complexity index is 767. The minimum Gasteiger partial charge on any atom is -0.493 e. The maximum Gasteiger partial charge on any atom is 0.328 e. The van der Waals surface area contributed by atoms with Crippen molar-refractivity contribution in [1.82, 2.24) is 0 Å². The second-order valence-corrected chi connectivity index (χ2v) is 21.3. The van der Waals surface area contributed by atoms with E-state index in [0.717, 1.165) is 36.1 Å². The highest BCUT2D eigenvalue weighted by Crippen LogP contribution is 2.43. The molecule has 0 saturated heterocycles. The quantitative estimate of drug-likeness (QED) is 0.217. The zero-order valence-corrected chi connectivity index (χ0v) is 24.2. The maximum absolute atomic E-state index is 11.1. The first-order valence-electron chi connectivity index (χ1n) is 10.9. The summed E-state index contributed by atoms with van der Waals surface area (Å²) in [6.07, 6.45) is 5.27. The third-order valence-electron chi connectivity index (χ3n) is 4.46. The topological polar surface area (TPSA) is 83.5 Å². The van der Waals surface area contributed by atoms with Gasteiger partial charge in [-0.25, -0.2) is 4.79 Å². The predicted octanol–water partition coefficient (Wildman–Crippen LogP) is 5.06.